The Morgan fingerprint density at radius 2 is 1.90 bits per heavy atom. The number of benzene rings is 2. The Kier molecular flexibility index (Phi) is 3.45. The second-order valence-electron chi connectivity index (χ2n) is 5.12. The van der Waals surface area contributed by atoms with E-state index in [-0.39, 0.29) is 16.0 Å². The van der Waals surface area contributed by atoms with Crippen molar-refractivity contribution in [1.29, 1.82) is 0 Å². The topological polar surface area (TPSA) is 43.1 Å². The van der Waals surface area contributed by atoms with Crippen LogP contribution in [0.5, 0.6) is 0 Å². The zero-order valence-corrected chi connectivity index (χ0v) is 11.6. The molecule has 2 unspecified atom stereocenters. The van der Waals surface area contributed by atoms with E-state index in [0.717, 1.165) is 6.42 Å². The molecule has 0 saturated heterocycles. The van der Waals surface area contributed by atoms with Gasteiger partial charge >= 0.3 is 0 Å². The third-order valence-corrected chi connectivity index (χ3v) is 4.39. The van der Waals surface area contributed by atoms with E-state index in [4.69, 9.17) is 11.6 Å². The van der Waals surface area contributed by atoms with Crippen molar-refractivity contribution in [2.24, 2.45) is 0 Å². The molecular weight excluding hydrogens is 274 g/mol. The van der Waals surface area contributed by atoms with Crippen molar-refractivity contribution < 1.29 is 4.92 Å². The molecule has 4 heteroatoms. The van der Waals surface area contributed by atoms with Crippen LogP contribution < -0.4 is 0 Å². The molecule has 2 aromatic carbocycles. The highest BCUT2D eigenvalue weighted by molar-refractivity contribution is 6.21. The Morgan fingerprint density at radius 3 is 2.65 bits per heavy atom. The van der Waals surface area contributed by atoms with E-state index in [0.29, 0.717) is 17.9 Å². The minimum Gasteiger partial charge on any atom is -0.258 e. The highest BCUT2D eigenvalue weighted by atomic mass is 35.5. The molecule has 0 saturated carbocycles. The Bertz CT molecular complexity index is 656. The molecule has 0 heterocycles. The van der Waals surface area contributed by atoms with E-state index in [2.05, 4.69) is 12.1 Å². The monoisotopic (exact) mass is 287 g/mol. The summed E-state index contributed by atoms with van der Waals surface area (Å²) in [6.07, 6.45) is 1.49. The van der Waals surface area contributed by atoms with Gasteiger partial charge in [-0.25, -0.2) is 0 Å². The van der Waals surface area contributed by atoms with Crippen LogP contribution in [0.2, 0.25) is 0 Å². The number of alkyl halides is 1. The lowest BCUT2D eigenvalue weighted by Crippen LogP contribution is -2.27. The van der Waals surface area contributed by atoms with Crippen molar-refractivity contribution in [3.8, 4) is 0 Å². The van der Waals surface area contributed by atoms with Crippen LogP contribution in [0.4, 0.5) is 5.69 Å². The Hall–Kier alpha value is -1.87. The maximum absolute atomic E-state index is 11.0. The fourth-order valence-corrected chi connectivity index (χ4v) is 3.23. The molecule has 0 N–H and O–H groups in total. The first kappa shape index (κ1) is 13.1. The van der Waals surface area contributed by atoms with Crippen molar-refractivity contribution in [2.45, 2.75) is 24.1 Å². The van der Waals surface area contributed by atoms with Crippen LogP contribution in [0.3, 0.4) is 0 Å². The average molecular weight is 288 g/mol. The molecule has 0 aliphatic heterocycles. The molecule has 0 amide bonds. The highest BCUT2D eigenvalue weighted by Gasteiger charge is 2.32. The molecule has 0 spiro atoms. The van der Waals surface area contributed by atoms with Gasteiger partial charge in [-0.2, -0.15) is 0 Å². The molecule has 1 aliphatic rings. The summed E-state index contributed by atoms with van der Waals surface area (Å²) < 4.78 is 0. The minimum atomic E-state index is -0.340. The van der Waals surface area contributed by atoms with Gasteiger partial charge in [-0.15, -0.1) is 11.6 Å². The van der Waals surface area contributed by atoms with E-state index in [1.165, 1.54) is 17.2 Å². The van der Waals surface area contributed by atoms with Crippen LogP contribution in [0.25, 0.3) is 0 Å². The molecule has 3 nitrogen and oxygen atoms in total. The van der Waals surface area contributed by atoms with Crippen LogP contribution in [0, 0.1) is 10.1 Å². The van der Waals surface area contributed by atoms with Crippen LogP contribution in [-0.2, 0) is 12.8 Å². The summed E-state index contributed by atoms with van der Waals surface area (Å²) in [6.45, 7) is 0. The average Bonchev–Trinajstić information content (AvgIpc) is 2.40. The van der Waals surface area contributed by atoms with Crippen molar-refractivity contribution in [3.63, 3.8) is 0 Å². The third kappa shape index (κ3) is 2.29. The van der Waals surface area contributed by atoms with E-state index in [1.807, 2.05) is 18.2 Å². The Morgan fingerprint density at radius 1 is 1.20 bits per heavy atom. The first-order chi connectivity index (χ1) is 9.66. The van der Waals surface area contributed by atoms with Crippen LogP contribution >= 0.6 is 11.6 Å². The maximum atomic E-state index is 11.0. The molecular formula is C16H14ClNO2. The van der Waals surface area contributed by atoms with Gasteiger partial charge in [0.05, 0.1) is 4.92 Å². The molecule has 2 aromatic rings. The Balaban J connectivity index is 1.78. The summed E-state index contributed by atoms with van der Waals surface area (Å²) in [5, 5.41) is 10.9. The fourth-order valence-electron chi connectivity index (χ4n) is 2.83. The van der Waals surface area contributed by atoms with Crippen molar-refractivity contribution in [2.75, 3.05) is 0 Å². The predicted molar refractivity (Wildman–Crippen MR) is 79.3 cm³/mol. The van der Waals surface area contributed by atoms with E-state index < -0.39 is 0 Å². The summed E-state index contributed by atoms with van der Waals surface area (Å²) in [7, 11) is 0. The number of nitrogens with zero attached hydrogens (tertiary/aromatic N) is 1. The number of hydrogen-bond acceptors (Lipinski definition) is 2. The SMILES string of the molecule is O=[N+]([O-])c1ccccc1CC(Cl)C1Cc2ccccc21. The highest BCUT2D eigenvalue weighted by Crippen LogP contribution is 2.41. The molecule has 0 radical (unpaired) electrons. The molecule has 1 aliphatic carbocycles. The molecule has 3 rings (SSSR count). The molecule has 102 valence electrons. The summed E-state index contributed by atoms with van der Waals surface area (Å²) in [5.41, 5.74) is 3.49. The number of para-hydroxylation sites is 1. The van der Waals surface area contributed by atoms with Gasteiger partial charge in [-0.3, -0.25) is 10.1 Å². The predicted octanol–water partition coefficient (Wildman–Crippen LogP) is 4.08. The summed E-state index contributed by atoms with van der Waals surface area (Å²) in [5.74, 6) is 0.299. The lowest BCUT2D eigenvalue weighted by molar-refractivity contribution is -0.385. The van der Waals surface area contributed by atoms with Gasteiger partial charge in [0.1, 0.15) is 0 Å². The standard InChI is InChI=1S/C16H14ClNO2/c17-15(14-9-11-5-1-3-7-13(11)14)10-12-6-2-4-8-16(12)18(19)20/h1-8,14-15H,9-10H2. The van der Waals surface area contributed by atoms with Crippen molar-refractivity contribution >= 4 is 17.3 Å². The van der Waals surface area contributed by atoms with Crippen LogP contribution in [0.15, 0.2) is 48.5 Å². The zero-order chi connectivity index (χ0) is 14.1. The first-order valence-corrected chi connectivity index (χ1v) is 7.04. The fraction of sp³-hybridized carbons (Fsp3) is 0.250. The van der Waals surface area contributed by atoms with Gasteiger partial charge in [-0.05, 0) is 24.0 Å². The second-order valence-corrected chi connectivity index (χ2v) is 5.68. The van der Waals surface area contributed by atoms with Crippen LogP contribution in [0.1, 0.15) is 22.6 Å². The summed E-state index contributed by atoms with van der Waals surface area (Å²) >= 11 is 6.50. The largest absolute Gasteiger partial charge is 0.272 e. The quantitative estimate of drug-likeness (QED) is 0.483. The number of nitro groups is 1. The zero-order valence-electron chi connectivity index (χ0n) is 10.8. The number of halogens is 1. The molecule has 2 atom stereocenters. The summed E-state index contributed by atoms with van der Waals surface area (Å²) in [4.78, 5) is 10.7. The maximum Gasteiger partial charge on any atom is 0.272 e. The number of nitro benzene ring substituents is 1. The van der Waals surface area contributed by atoms with E-state index in [1.54, 1.807) is 12.1 Å². The smallest absolute Gasteiger partial charge is 0.258 e. The first-order valence-electron chi connectivity index (χ1n) is 6.61. The number of fused-ring (bicyclic) bond motifs is 1. The van der Waals surface area contributed by atoms with Crippen molar-refractivity contribution in [1.82, 2.24) is 0 Å². The van der Waals surface area contributed by atoms with Crippen molar-refractivity contribution in [3.05, 3.63) is 75.3 Å². The Labute approximate surface area is 122 Å². The summed E-state index contributed by atoms with van der Waals surface area (Å²) in [6, 6.07) is 15.1. The lowest BCUT2D eigenvalue weighted by atomic mass is 9.74. The van der Waals surface area contributed by atoms with Crippen LogP contribution in [-0.4, -0.2) is 10.3 Å². The normalized spacial score (nSPS) is 17.9. The second kappa shape index (κ2) is 5.25. The van der Waals surface area contributed by atoms with E-state index >= 15 is 0 Å². The molecule has 0 bridgehead atoms. The van der Waals surface area contributed by atoms with Gasteiger partial charge in [0, 0.05) is 22.9 Å². The third-order valence-electron chi connectivity index (χ3n) is 3.93. The molecule has 20 heavy (non-hydrogen) atoms. The molecule has 0 aromatic heterocycles. The number of hydrogen-bond donors (Lipinski definition) is 0. The molecule has 0 fully saturated rings. The van der Waals surface area contributed by atoms with Gasteiger partial charge in [0.25, 0.3) is 5.69 Å². The van der Waals surface area contributed by atoms with Gasteiger partial charge in [0.2, 0.25) is 0 Å². The lowest BCUT2D eigenvalue weighted by Gasteiger charge is -2.33. The van der Waals surface area contributed by atoms with Gasteiger partial charge in [-0.1, -0.05) is 42.5 Å². The van der Waals surface area contributed by atoms with Gasteiger partial charge in [0.15, 0.2) is 0 Å². The number of rotatable bonds is 4. The minimum absolute atomic E-state index is 0.106. The van der Waals surface area contributed by atoms with E-state index in [9.17, 15) is 10.1 Å². The van der Waals surface area contributed by atoms with Gasteiger partial charge < -0.3 is 0 Å².